The third-order valence-electron chi connectivity index (χ3n) is 3.82. The number of pyridine rings is 1. The third-order valence-corrected chi connectivity index (χ3v) is 4.18. The minimum Gasteiger partial charge on any atom is -0.314 e. The molecule has 2 aromatic rings. The highest BCUT2D eigenvalue weighted by atomic mass is 35.5. The van der Waals surface area contributed by atoms with Crippen molar-refractivity contribution in [2.24, 2.45) is 0 Å². The first-order valence-electron chi connectivity index (χ1n) is 6.72. The van der Waals surface area contributed by atoms with Crippen LogP contribution in [0.25, 0.3) is 10.9 Å². The Morgan fingerprint density at radius 2 is 2.32 bits per heavy atom. The van der Waals surface area contributed by atoms with E-state index in [2.05, 4.69) is 28.2 Å². The number of halogens is 1. The Balaban J connectivity index is 1.97. The van der Waals surface area contributed by atoms with Gasteiger partial charge in [-0.15, -0.1) is 0 Å². The molecule has 0 radical (unpaired) electrons. The Morgan fingerprint density at radius 1 is 1.42 bits per heavy atom. The van der Waals surface area contributed by atoms with Crippen molar-refractivity contribution in [2.75, 3.05) is 19.6 Å². The second-order valence-corrected chi connectivity index (χ2v) is 5.53. The van der Waals surface area contributed by atoms with Gasteiger partial charge in [0.25, 0.3) is 0 Å². The van der Waals surface area contributed by atoms with E-state index in [1.165, 1.54) is 0 Å². The summed E-state index contributed by atoms with van der Waals surface area (Å²) in [5.74, 6) is 0. The molecule has 1 saturated heterocycles. The van der Waals surface area contributed by atoms with Crippen LogP contribution in [0.3, 0.4) is 0 Å². The summed E-state index contributed by atoms with van der Waals surface area (Å²) in [7, 11) is 0. The Labute approximate surface area is 118 Å². The van der Waals surface area contributed by atoms with Crippen molar-refractivity contribution in [2.45, 2.75) is 19.5 Å². The van der Waals surface area contributed by atoms with Crippen molar-refractivity contribution in [3.05, 3.63) is 41.0 Å². The van der Waals surface area contributed by atoms with Crippen molar-refractivity contribution in [1.82, 2.24) is 15.2 Å². The molecule has 0 aliphatic carbocycles. The summed E-state index contributed by atoms with van der Waals surface area (Å²) in [5.41, 5.74) is 2.18. The second kappa shape index (κ2) is 5.45. The zero-order valence-electron chi connectivity index (χ0n) is 11.1. The molecule has 0 unspecified atom stereocenters. The van der Waals surface area contributed by atoms with Gasteiger partial charge in [0.2, 0.25) is 0 Å². The first-order chi connectivity index (χ1) is 9.25. The van der Waals surface area contributed by atoms with Crippen LogP contribution < -0.4 is 5.32 Å². The highest BCUT2D eigenvalue weighted by Gasteiger charge is 2.20. The Hall–Kier alpha value is -1.16. The molecule has 1 aromatic heterocycles. The van der Waals surface area contributed by atoms with Crippen LogP contribution in [-0.2, 0) is 6.54 Å². The minimum atomic E-state index is 0.531. The van der Waals surface area contributed by atoms with E-state index in [0.29, 0.717) is 6.04 Å². The summed E-state index contributed by atoms with van der Waals surface area (Å²) in [6, 6.07) is 8.60. The lowest BCUT2D eigenvalue weighted by atomic mass is 10.1. The fourth-order valence-corrected chi connectivity index (χ4v) is 2.86. The lowest BCUT2D eigenvalue weighted by Gasteiger charge is -2.34. The number of nitrogens with zero attached hydrogens (tertiary/aromatic N) is 2. The maximum atomic E-state index is 6.39. The quantitative estimate of drug-likeness (QED) is 0.913. The maximum Gasteiger partial charge on any atom is 0.0761 e. The number of rotatable bonds is 2. The molecule has 1 aliphatic rings. The van der Waals surface area contributed by atoms with E-state index >= 15 is 0 Å². The monoisotopic (exact) mass is 275 g/mol. The molecular weight excluding hydrogens is 258 g/mol. The molecule has 1 atom stereocenters. The van der Waals surface area contributed by atoms with Crippen LogP contribution in [-0.4, -0.2) is 35.6 Å². The molecule has 0 saturated carbocycles. The first-order valence-corrected chi connectivity index (χ1v) is 7.10. The van der Waals surface area contributed by atoms with Crippen LogP contribution in [0, 0.1) is 0 Å². The molecule has 3 nitrogen and oxygen atoms in total. The summed E-state index contributed by atoms with van der Waals surface area (Å²) in [5, 5.41) is 5.39. The van der Waals surface area contributed by atoms with Gasteiger partial charge in [-0.2, -0.15) is 0 Å². The SMILES string of the molecule is C[C@@H]1CNCCN1Cc1c(Cl)ccc2cccnc12. The van der Waals surface area contributed by atoms with Gasteiger partial charge in [0.15, 0.2) is 0 Å². The first kappa shape index (κ1) is 12.9. The number of aromatic nitrogens is 1. The molecule has 0 bridgehead atoms. The molecule has 0 amide bonds. The molecule has 1 aliphatic heterocycles. The smallest absolute Gasteiger partial charge is 0.0761 e. The highest BCUT2D eigenvalue weighted by molar-refractivity contribution is 6.32. The maximum absolute atomic E-state index is 6.39. The third kappa shape index (κ3) is 2.59. The summed E-state index contributed by atoms with van der Waals surface area (Å²) in [6.07, 6.45) is 1.84. The molecular formula is C15H18ClN3. The van der Waals surface area contributed by atoms with Crippen LogP contribution in [0.15, 0.2) is 30.5 Å². The summed E-state index contributed by atoms with van der Waals surface area (Å²) < 4.78 is 0. The zero-order valence-corrected chi connectivity index (χ0v) is 11.8. The van der Waals surface area contributed by atoms with Crippen molar-refractivity contribution in [1.29, 1.82) is 0 Å². The van der Waals surface area contributed by atoms with Gasteiger partial charge in [-0.05, 0) is 19.1 Å². The second-order valence-electron chi connectivity index (χ2n) is 5.12. The van der Waals surface area contributed by atoms with Crippen molar-refractivity contribution in [3.63, 3.8) is 0 Å². The zero-order chi connectivity index (χ0) is 13.2. The average molecular weight is 276 g/mol. The molecule has 0 spiro atoms. The molecule has 19 heavy (non-hydrogen) atoms. The summed E-state index contributed by atoms with van der Waals surface area (Å²) in [6.45, 7) is 6.26. The van der Waals surface area contributed by atoms with Gasteiger partial charge < -0.3 is 5.32 Å². The highest BCUT2D eigenvalue weighted by Crippen LogP contribution is 2.26. The van der Waals surface area contributed by atoms with Crippen LogP contribution in [0.5, 0.6) is 0 Å². The van der Waals surface area contributed by atoms with Crippen LogP contribution in [0.4, 0.5) is 0 Å². The van der Waals surface area contributed by atoms with Gasteiger partial charge in [0, 0.05) is 54.4 Å². The van der Waals surface area contributed by atoms with E-state index in [0.717, 1.165) is 47.7 Å². The van der Waals surface area contributed by atoms with Gasteiger partial charge in [-0.1, -0.05) is 23.7 Å². The van der Waals surface area contributed by atoms with Gasteiger partial charge in [-0.25, -0.2) is 0 Å². The molecule has 4 heteroatoms. The van der Waals surface area contributed by atoms with Gasteiger partial charge in [0.05, 0.1) is 5.52 Å². The number of hydrogen-bond acceptors (Lipinski definition) is 3. The van der Waals surface area contributed by atoms with E-state index in [4.69, 9.17) is 11.6 Å². The van der Waals surface area contributed by atoms with Crippen LogP contribution in [0.2, 0.25) is 5.02 Å². The predicted octanol–water partition coefficient (Wildman–Crippen LogP) is 2.68. The van der Waals surface area contributed by atoms with E-state index in [9.17, 15) is 0 Å². The molecule has 1 aromatic carbocycles. The lowest BCUT2D eigenvalue weighted by molar-refractivity contribution is 0.166. The molecule has 1 fully saturated rings. The van der Waals surface area contributed by atoms with E-state index in [-0.39, 0.29) is 0 Å². The molecule has 1 N–H and O–H groups in total. The largest absolute Gasteiger partial charge is 0.314 e. The molecule has 100 valence electrons. The number of nitrogens with one attached hydrogen (secondary N) is 1. The molecule has 2 heterocycles. The van der Waals surface area contributed by atoms with Crippen LogP contribution >= 0.6 is 11.6 Å². The normalized spacial score (nSPS) is 20.8. The Kier molecular flexibility index (Phi) is 3.69. The van der Waals surface area contributed by atoms with Crippen molar-refractivity contribution in [3.8, 4) is 0 Å². The van der Waals surface area contributed by atoms with Gasteiger partial charge in [0.1, 0.15) is 0 Å². The van der Waals surface area contributed by atoms with Gasteiger partial charge in [-0.3, -0.25) is 9.88 Å². The average Bonchev–Trinajstić information content (AvgIpc) is 2.44. The minimum absolute atomic E-state index is 0.531. The van der Waals surface area contributed by atoms with Gasteiger partial charge >= 0.3 is 0 Å². The Bertz CT molecular complexity index is 585. The standard InChI is InChI=1S/C15H18ClN3/c1-11-9-17-7-8-19(11)10-13-14(16)5-4-12-3-2-6-18-15(12)13/h2-6,11,17H,7-10H2,1H3/t11-/m1/s1. The topological polar surface area (TPSA) is 28.2 Å². The molecule has 3 rings (SSSR count). The van der Waals surface area contributed by atoms with Crippen molar-refractivity contribution < 1.29 is 0 Å². The van der Waals surface area contributed by atoms with E-state index in [1.54, 1.807) is 0 Å². The van der Waals surface area contributed by atoms with E-state index < -0.39 is 0 Å². The van der Waals surface area contributed by atoms with Crippen molar-refractivity contribution >= 4 is 22.5 Å². The number of benzene rings is 1. The van der Waals surface area contributed by atoms with E-state index in [1.807, 2.05) is 24.4 Å². The Morgan fingerprint density at radius 3 is 3.16 bits per heavy atom. The summed E-state index contributed by atoms with van der Waals surface area (Å²) >= 11 is 6.39. The summed E-state index contributed by atoms with van der Waals surface area (Å²) in [4.78, 5) is 6.97. The number of fused-ring (bicyclic) bond motifs is 1. The predicted molar refractivity (Wildman–Crippen MR) is 79.5 cm³/mol. The fourth-order valence-electron chi connectivity index (χ4n) is 2.65. The van der Waals surface area contributed by atoms with Crippen LogP contribution in [0.1, 0.15) is 12.5 Å². The number of piperazine rings is 1. The fraction of sp³-hybridized carbons (Fsp3) is 0.400. The lowest BCUT2D eigenvalue weighted by Crippen LogP contribution is -2.49. The number of hydrogen-bond donors (Lipinski definition) is 1.